The van der Waals surface area contributed by atoms with Crippen LogP contribution >= 0.6 is 34.9 Å². The molecule has 7 heteroatoms. The van der Waals surface area contributed by atoms with E-state index >= 15 is 0 Å². The average molecular weight is 325 g/mol. The van der Waals surface area contributed by atoms with Gasteiger partial charge < -0.3 is 0 Å². The number of amides is 1. The van der Waals surface area contributed by atoms with E-state index in [1.807, 2.05) is 44.4 Å². The van der Waals surface area contributed by atoms with Crippen molar-refractivity contribution in [2.24, 2.45) is 0 Å². The Hall–Kier alpha value is -1.05. The highest BCUT2D eigenvalue weighted by atomic mass is 32.2. The van der Waals surface area contributed by atoms with Crippen LogP contribution in [0.2, 0.25) is 0 Å². The minimum atomic E-state index is -0.181. The number of thioether (sulfide) groups is 2. The van der Waals surface area contributed by atoms with Crippen LogP contribution < -0.4 is 5.32 Å². The fourth-order valence-electron chi connectivity index (χ4n) is 1.42. The van der Waals surface area contributed by atoms with Crippen LogP contribution in [0.4, 0.5) is 5.13 Å². The highest BCUT2D eigenvalue weighted by molar-refractivity contribution is 8.00. The van der Waals surface area contributed by atoms with E-state index in [2.05, 4.69) is 15.5 Å². The number of aromatic nitrogens is 2. The maximum absolute atomic E-state index is 12.1. The van der Waals surface area contributed by atoms with Crippen molar-refractivity contribution in [3.8, 4) is 0 Å². The van der Waals surface area contributed by atoms with Gasteiger partial charge in [-0.15, -0.1) is 22.0 Å². The van der Waals surface area contributed by atoms with Gasteiger partial charge in [0.15, 0.2) is 4.34 Å². The van der Waals surface area contributed by atoms with E-state index < -0.39 is 0 Å². The first kappa shape index (κ1) is 15.3. The molecule has 4 nitrogen and oxygen atoms in total. The number of nitrogens with one attached hydrogen (secondary N) is 1. The Balaban J connectivity index is 1.93. The normalized spacial score (nSPS) is 12.2. The Morgan fingerprint density at radius 1 is 1.30 bits per heavy atom. The van der Waals surface area contributed by atoms with Crippen LogP contribution in [0, 0.1) is 6.92 Å². The van der Waals surface area contributed by atoms with Crippen molar-refractivity contribution < 1.29 is 4.79 Å². The summed E-state index contributed by atoms with van der Waals surface area (Å²) in [6.07, 6.45) is 1.93. The predicted molar refractivity (Wildman–Crippen MR) is 86.8 cm³/mol. The molecule has 0 aliphatic heterocycles. The lowest BCUT2D eigenvalue weighted by Gasteiger charge is -2.10. The first-order valence-corrected chi connectivity index (χ1v) is 8.92. The van der Waals surface area contributed by atoms with Crippen LogP contribution in [0.25, 0.3) is 0 Å². The Kier molecular flexibility index (Phi) is 5.45. The SMILES string of the molecule is CSc1nnc(NC(=O)C(C)Sc2ccc(C)cc2)s1. The molecule has 1 heterocycles. The average Bonchev–Trinajstić information content (AvgIpc) is 2.89. The van der Waals surface area contributed by atoms with Crippen LogP contribution in [-0.4, -0.2) is 27.6 Å². The second-order valence-corrected chi connectivity index (χ2v) is 7.58. The number of nitrogens with zero attached hydrogens (tertiary/aromatic N) is 2. The van der Waals surface area contributed by atoms with Gasteiger partial charge in [0.25, 0.3) is 0 Å². The summed E-state index contributed by atoms with van der Waals surface area (Å²) in [5.74, 6) is -0.0561. The molecule has 1 N–H and O–H groups in total. The number of carbonyl (C=O) groups is 1. The van der Waals surface area contributed by atoms with Gasteiger partial charge in [-0.25, -0.2) is 0 Å². The number of aryl methyl sites for hydroxylation is 1. The van der Waals surface area contributed by atoms with Gasteiger partial charge in [0.1, 0.15) is 0 Å². The van der Waals surface area contributed by atoms with E-state index in [1.165, 1.54) is 40.4 Å². The van der Waals surface area contributed by atoms with E-state index in [4.69, 9.17) is 0 Å². The van der Waals surface area contributed by atoms with Crippen molar-refractivity contribution in [2.45, 2.75) is 28.3 Å². The number of benzene rings is 1. The molecule has 0 saturated heterocycles. The van der Waals surface area contributed by atoms with Crippen LogP contribution in [0.1, 0.15) is 12.5 Å². The molecular weight excluding hydrogens is 310 g/mol. The molecule has 1 aromatic heterocycles. The summed E-state index contributed by atoms with van der Waals surface area (Å²) in [4.78, 5) is 13.2. The maximum Gasteiger partial charge on any atom is 0.239 e. The van der Waals surface area contributed by atoms with Gasteiger partial charge in [-0.05, 0) is 32.2 Å². The van der Waals surface area contributed by atoms with Crippen molar-refractivity contribution in [1.82, 2.24) is 10.2 Å². The molecule has 106 valence electrons. The van der Waals surface area contributed by atoms with Gasteiger partial charge in [0.2, 0.25) is 11.0 Å². The lowest BCUT2D eigenvalue weighted by atomic mass is 10.2. The van der Waals surface area contributed by atoms with Gasteiger partial charge in [0, 0.05) is 4.90 Å². The summed E-state index contributed by atoms with van der Waals surface area (Å²) in [5, 5.41) is 11.1. The van der Waals surface area contributed by atoms with Crippen LogP contribution in [-0.2, 0) is 4.79 Å². The molecule has 0 saturated carbocycles. The molecule has 0 bridgehead atoms. The second kappa shape index (κ2) is 7.10. The van der Waals surface area contributed by atoms with Crippen molar-refractivity contribution in [2.75, 3.05) is 11.6 Å². The maximum atomic E-state index is 12.1. The van der Waals surface area contributed by atoms with Crippen molar-refractivity contribution in [1.29, 1.82) is 0 Å². The van der Waals surface area contributed by atoms with Crippen LogP contribution in [0.3, 0.4) is 0 Å². The monoisotopic (exact) mass is 325 g/mol. The zero-order valence-corrected chi connectivity index (χ0v) is 13.9. The molecule has 1 unspecified atom stereocenters. The Morgan fingerprint density at radius 3 is 2.60 bits per heavy atom. The molecule has 20 heavy (non-hydrogen) atoms. The summed E-state index contributed by atoms with van der Waals surface area (Å²) < 4.78 is 0.846. The lowest BCUT2D eigenvalue weighted by Crippen LogP contribution is -2.22. The zero-order valence-electron chi connectivity index (χ0n) is 11.4. The fraction of sp³-hybridized carbons (Fsp3) is 0.308. The number of carbonyl (C=O) groups excluding carboxylic acids is 1. The van der Waals surface area contributed by atoms with Crippen molar-refractivity contribution in [3.63, 3.8) is 0 Å². The Morgan fingerprint density at radius 2 is 2.00 bits per heavy atom. The zero-order chi connectivity index (χ0) is 14.5. The topological polar surface area (TPSA) is 54.9 Å². The predicted octanol–water partition coefficient (Wildman–Crippen LogP) is 3.69. The second-order valence-electron chi connectivity index (χ2n) is 4.14. The number of hydrogen-bond donors (Lipinski definition) is 1. The van der Waals surface area contributed by atoms with Crippen LogP contribution in [0.15, 0.2) is 33.5 Å². The molecular formula is C13H15N3OS3. The third-order valence-electron chi connectivity index (χ3n) is 2.51. The summed E-state index contributed by atoms with van der Waals surface area (Å²) in [6.45, 7) is 3.93. The minimum Gasteiger partial charge on any atom is -0.300 e. The van der Waals surface area contributed by atoms with Gasteiger partial charge in [-0.1, -0.05) is 40.8 Å². The van der Waals surface area contributed by atoms with Crippen molar-refractivity contribution in [3.05, 3.63) is 29.8 Å². The fourth-order valence-corrected chi connectivity index (χ4v) is 3.46. The minimum absolute atomic E-state index is 0.0561. The third kappa shape index (κ3) is 4.22. The van der Waals surface area contributed by atoms with Gasteiger partial charge >= 0.3 is 0 Å². The molecule has 0 radical (unpaired) electrons. The van der Waals surface area contributed by atoms with E-state index in [-0.39, 0.29) is 11.2 Å². The quantitative estimate of drug-likeness (QED) is 0.671. The smallest absolute Gasteiger partial charge is 0.239 e. The third-order valence-corrected chi connectivity index (χ3v) is 5.44. The molecule has 0 fully saturated rings. The molecule has 0 spiro atoms. The van der Waals surface area contributed by atoms with Crippen molar-refractivity contribution >= 4 is 45.9 Å². The van der Waals surface area contributed by atoms with Crippen LogP contribution in [0.5, 0.6) is 0 Å². The summed E-state index contributed by atoms with van der Waals surface area (Å²) in [6, 6.07) is 8.14. The summed E-state index contributed by atoms with van der Waals surface area (Å²) in [7, 11) is 0. The van der Waals surface area contributed by atoms with Gasteiger partial charge in [0.05, 0.1) is 5.25 Å². The van der Waals surface area contributed by atoms with E-state index in [0.717, 1.165) is 9.24 Å². The summed E-state index contributed by atoms with van der Waals surface area (Å²) in [5.41, 5.74) is 1.21. The molecule has 1 amide bonds. The first-order chi connectivity index (χ1) is 9.58. The first-order valence-electron chi connectivity index (χ1n) is 6.00. The Labute approximate surface area is 130 Å². The number of hydrogen-bond acceptors (Lipinski definition) is 6. The molecule has 1 atom stereocenters. The number of anilines is 1. The van der Waals surface area contributed by atoms with Gasteiger partial charge in [-0.2, -0.15) is 0 Å². The Bertz CT molecular complexity index is 583. The van der Waals surface area contributed by atoms with E-state index in [1.54, 1.807) is 0 Å². The largest absolute Gasteiger partial charge is 0.300 e. The summed E-state index contributed by atoms with van der Waals surface area (Å²) >= 11 is 4.44. The highest BCUT2D eigenvalue weighted by Gasteiger charge is 2.16. The molecule has 0 aliphatic rings. The van der Waals surface area contributed by atoms with E-state index in [0.29, 0.717) is 5.13 Å². The standard InChI is InChI=1S/C13H15N3OS3/c1-8-4-6-10(7-5-8)19-9(2)11(17)14-12-15-16-13(18-3)20-12/h4-7,9H,1-3H3,(H,14,15,17). The van der Waals surface area contributed by atoms with E-state index in [9.17, 15) is 4.79 Å². The molecule has 2 rings (SSSR count). The lowest BCUT2D eigenvalue weighted by molar-refractivity contribution is -0.115. The molecule has 1 aromatic carbocycles. The highest BCUT2D eigenvalue weighted by Crippen LogP contribution is 2.26. The molecule has 0 aliphatic carbocycles. The van der Waals surface area contributed by atoms with Gasteiger partial charge in [-0.3, -0.25) is 10.1 Å². The molecule has 2 aromatic rings. The number of rotatable bonds is 5.